The minimum Gasteiger partial charge on any atom is -0.507 e. The van der Waals surface area contributed by atoms with Crippen LogP contribution in [-0.2, 0) is 0 Å². The largest absolute Gasteiger partial charge is 0.507 e. The summed E-state index contributed by atoms with van der Waals surface area (Å²) in [5, 5.41) is 29.2. The van der Waals surface area contributed by atoms with Crippen LogP contribution in [0.15, 0.2) is 42.7 Å². The van der Waals surface area contributed by atoms with E-state index < -0.39 is 6.10 Å². The molecule has 122 valence electrons. The Bertz CT molecular complexity index is 879. The van der Waals surface area contributed by atoms with E-state index in [2.05, 4.69) is 15.2 Å². The lowest BCUT2D eigenvalue weighted by molar-refractivity contribution is 0.212. The molecule has 1 unspecified atom stereocenters. The lowest BCUT2D eigenvalue weighted by Gasteiger charge is -2.16. The molecule has 0 aliphatic carbocycles. The number of aromatic hydroxyl groups is 1. The van der Waals surface area contributed by atoms with Crippen molar-refractivity contribution in [3.63, 3.8) is 0 Å². The highest BCUT2D eigenvalue weighted by Crippen LogP contribution is 2.33. The lowest BCUT2D eigenvalue weighted by Crippen LogP contribution is -2.09. The Morgan fingerprint density at radius 2 is 1.79 bits per heavy atom. The molecule has 0 saturated carbocycles. The summed E-state index contributed by atoms with van der Waals surface area (Å²) in [6.07, 6.45) is 2.38. The number of hydrogen-bond donors (Lipinski definition) is 2. The molecule has 0 aliphatic rings. The maximum absolute atomic E-state index is 10.6. The Kier molecular flexibility index (Phi) is 4.27. The molecule has 0 spiro atoms. The van der Waals surface area contributed by atoms with Crippen LogP contribution < -0.4 is 0 Å². The maximum Gasteiger partial charge on any atom is 0.125 e. The zero-order valence-corrected chi connectivity index (χ0v) is 13.9. The number of aliphatic hydroxyl groups is 1. The second kappa shape index (κ2) is 6.37. The van der Waals surface area contributed by atoms with Crippen molar-refractivity contribution in [2.45, 2.75) is 26.9 Å². The number of aliphatic hydroxyl groups excluding tert-OH is 1. The Balaban J connectivity index is 2.06. The molecule has 0 aliphatic heterocycles. The van der Waals surface area contributed by atoms with Crippen LogP contribution in [-0.4, -0.2) is 25.4 Å². The van der Waals surface area contributed by atoms with Gasteiger partial charge in [0.1, 0.15) is 11.9 Å². The first-order valence-corrected chi connectivity index (χ1v) is 7.70. The highest BCUT2D eigenvalue weighted by Gasteiger charge is 2.20. The highest BCUT2D eigenvalue weighted by molar-refractivity contribution is 5.70. The van der Waals surface area contributed by atoms with Crippen molar-refractivity contribution in [2.75, 3.05) is 0 Å². The van der Waals surface area contributed by atoms with E-state index in [9.17, 15) is 10.2 Å². The number of nitrogens with zero attached hydrogens (tertiary/aromatic N) is 3. The van der Waals surface area contributed by atoms with E-state index in [1.54, 1.807) is 30.6 Å². The van der Waals surface area contributed by atoms with E-state index in [1.807, 2.05) is 32.9 Å². The predicted octanol–water partition coefficient (Wildman–Crippen LogP) is 3.25. The second-order valence-electron chi connectivity index (χ2n) is 5.89. The number of pyridine rings is 1. The summed E-state index contributed by atoms with van der Waals surface area (Å²) in [5.41, 5.74) is 5.11. The molecule has 0 saturated heterocycles. The second-order valence-corrected chi connectivity index (χ2v) is 5.89. The monoisotopic (exact) mass is 321 g/mol. The minimum atomic E-state index is -0.884. The topological polar surface area (TPSA) is 79.1 Å². The van der Waals surface area contributed by atoms with Gasteiger partial charge in [-0.3, -0.25) is 4.98 Å². The van der Waals surface area contributed by atoms with Crippen LogP contribution >= 0.6 is 0 Å². The molecule has 0 amide bonds. The van der Waals surface area contributed by atoms with Gasteiger partial charge in [0.25, 0.3) is 0 Å². The fourth-order valence-corrected chi connectivity index (χ4v) is 2.68. The van der Waals surface area contributed by atoms with Gasteiger partial charge in [0, 0.05) is 23.5 Å². The van der Waals surface area contributed by atoms with Crippen molar-refractivity contribution in [1.82, 2.24) is 15.2 Å². The van der Waals surface area contributed by atoms with Crippen molar-refractivity contribution in [2.24, 2.45) is 0 Å². The van der Waals surface area contributed by atoms with Gasteiger partial charge >= 0.3 is 0 Å². The minimum absolute atomic E-state index is 0.173. The number of rotatable bonds is 3. The lowest BCUT2D eigenvalue weighted by atomic mass is 9.97. The van der Waals surface area contributed by atoms with Gasteiger partial charge in [-0.25, -0.2) is 0 Å². The molecular weight excluding hydrogens is 302 g/mol. The van der Waals surface area contributed by atoms with Crippen LogP contribution in [0.4, 0.5) is 0 Å². The van der Waals surface area contributed by atoms with E-state index in [0.717, 1.165) is 16.7 Å². The van der Waals surface area contributed by atoms with Gasteiger partial charge in [0.05, 0.1) is 11.4 Å². The van der Waals surface area contributed by atoms with Crippen molar-refractivity contribution in [1.29, 1.82) is 0 Å². The summed E-state index contributed by atoms with van der Waals surface area (Å²) in [6, 6.07) is 9.02. The molecule has 24 heavy (non-hydrogen) atoms. The third kappa shape index (κ3) is 2.86. The normalized spacial score (nSPS) is 12.2. The molecule has 5 nitrogen and oxygen atoms in total. The van der Waals surface area contributed by atoms with Gasteiger partial charge in [0.15, 0.2) is 0 Å². The Morgan fingerprint density at radius 1 is 1.00 bits per heavy atom. The molecule has 3 aromatic rings. The first-order valence-electron chi connectivity index (χ1n) is 7.70. The highest BCUT2D eigenvalue weighted by atomic mass is 16.3. The molecule has 2 N–H and O–H groups in total. The summed E-state index contributed by atoms with van der Waals surface area (Å²) in [7, 11) is 0. The van der Waals surface area contributed by atoms with Gasteiger partial charge in [0.2, 0.25) is 0 Å². The molecule has 5 heteroatoms. The first-order chi connectivity index (χ1) is 11.5. The van der Waals surface area contributed by atoms with Crippen LogP contribution in [0.3, 0.4) is 0 Å². The van der Waals surface area contributed by atoms with Crippen LogP contribution in [0.2, 0.25) is 0 Å². The summed E-state index contributed by atoms with van der Waals surface area (Å²) < 4.78 is 0. The summed E-state index contributed by atoms with van der Waals surface area (Å²) in [6.45, 7) is 5.73. The summed E-state index contributed by atoms with van der Waals surface area (Å²) in [4.78, 5) is 4.03. The van der Waals surface area contributed by atoms with Gasteiger partial charge in [-0.15, -0.1) is 5.10 Å². The van der Waals surface area contributed by atoms with Crippen molar-refractivity contribution < 1.29 is 10.2 Å². The smallest absolute Gasteiger partial charge is 0.125 e. The zero-order chi connectivity index (χ0) is 17.3. The van der Waals surface area contributed by atoms with Crippen molar-refractivity contribution >= 4 is 0 Å². The number of hydrogen-bond acceptors (Lipinski definition) is 5. The Labute approximate surface area is 140 Å². The standard InChI is InChI=1S/C19H19N3O2/c1-11-6-7-15(16(23)9-11)17-12(2)13(3)18(22-21-17)19(24)14-5-4-8-20-10-14/h4-10,19,23-24H,1-3H3. The number of aromatic nitrogens is 3. The predicted molar refractivity (Wildman–Crippen MR) is 91.6 cm³/mol. The molecule has 0 fully saturated rings. The molecule has 2 aromatic heterocycles. The van der Waals surface area contributed by atoms with Crippen molar-refractivity contribution in [3.8, 4) is 17.0 Å². The average Bonchev–Trinajstić information content (AvgIpc) is 2.58. The van der Waals surface area contributed by atoms with Crippen LogP contribution in [0.5, 0.6) is 5.75 Å². The van der Waals surface area contributed by atoms with E-state index in [4.69, 9.17) is 0 Å². The van der Waals surface area contributed by atoms with Crippen LogP contribution in [0.1, 0.15) is 34.1 Å². The Hall–Kier alpha value is -2.79. The molecular formula is C19H19N3O2. The maximum atomic E-state index is 10.6. The Morgan fingerprint density at radius 3 is 2.46 bits per heavy atom. The molecule has 1 aromatic carbocycles. The fraction of sp³-hybridized carbons (Fsp3) is 0.211. The van der Waals surface area contributed by atoms with Gasteiger partial charge in [-0.2, -0.15) is 5.10 Å². The van der Waals surface area contributed by atoms with E-state index in [1.165, 1.54) is 0 Å². The number of phenols is 1. The third-order valence-corrected chi connectivity index (χ3v) is 4.23. The van der Waals surface area contributed by atoms with E-state index in [0.29, 0.717) is 22.5 Å². The quantitative estimate of drug-likeness (QED) is 0.774. The number of phenolic OH excluding ortho intramolecular Hbond substituents is 1. The van der Waals surface area contributed by atoms with Crippen molar-refractivity contribution in [3.05, 3.63) is 70.7 Å². The zero-order valence-electron chi connectivity index (χ0n) is 13.9. The average molecular weight is 321 g/mol. The SMILES string of the molecule is Cc1ccc(-c2nnc(C(O)c3cccnc3)c(C)c2C)c(O)c1. The van der Waals surface area contributed by atoms with E-state index in [-0.39, 0.29) is 5.75 Å². The number of aryl methyl sites for hydroxylation is 1. The van der Waals surface area contributed by atoms with Gasteiger partial charge < -0.3 is 10.2 Å². The summed E-state index contributed by atoms with van der Waals surface area (Å²) in [5.74, 6) is 0.173. The first kappa shape index (κ1) is 16.1. The summed E-state index contributed by atoms with van der Waals surface area (Å²) >= 11 is 0. The van der Waals surface area contributed by atoms with Gasteiger partial charge in [-0.05, 0) is 55.7 Å². The molecule has 0 radical (unpaired) electrons. The fourth-order valence-electron chi connectivity index (χ4n) is 2.68. The van der Waals surface area contributed by atoms with Gasteiger partial charge in [-0.1, -0.05) is 12.1 Å². The van der Waals surface area contributed by atoms with Crippen LogP contribution in [0.25, 0.3) is 11.3 Å². The van der Waals surface area contributed by atoms with Crippen LogP contribution in [0, 0.1) is 20.8 Å². The molecule has 0 bridgehead atoms. The number of benzene rings is 1. The van der Waals surface area contributed by atoms with E-state index >= 15 is 0 Å². The third-order valence-electron chi connectivity index (χ3n) is 4.23. The molecule has 3 rings (SSSR count). The molecule has 1 atom stereocenters. The molecule has 2 heterocycles.